The molecular weight excluding hydrogens is 304 g/mol. The fraction of sp³-hybridized carbons (Fsp3) is 0.267. The lowest BCUT2D eigenvalue weighted by atomic mass is 10.1. The fourth-order valence-electron chi connectivity index (χ4n) is 2.50. The maximum absolute atomic E-state index is 5.49. The molecule has 0 saturated carbocycles. The topological polar surface area (TPSA) is 39.2 Å². The van der Waals surface area contributed by atoms with Crippen molar-refractivity contribution in [3.8, 4) is 11.5 Å². The van der Waals surface area contributed by atoms with Gasteiger partial charge < -0.3 is 19.0 Å². The van der Waals surface area contributed by atoms with E-state index in [1.165, 1.54) is 5.56 Å². The van der Waals surface area contributed by atoms with E-state index in [0.717, 1.165) is 11.0 Å². The van der Waals surface area contributed by atoms with Gasteiger partial charge in [0.1, 0.15) is 0 Å². The van der Waals surface area contributed by atoms with Crippen LogP contribution >= 0.6 is 23.6 Å². The third-order valence-electron chi connectivity index (χ3n) is 3.63. The number of H-pyrrole nitrogens is 1. The van der Waals surface area contributed by atoms with Gasteiger partial charge >= 0.3 is 0 Å². The van der Waals surface area contributed by atoms with Crippen molar-refractivity contribution in [2.45, 2.75) is 13.0 Å². The molecule has 1 unspecified atom stereocenters. The van der Waals surface area contributed by atoms with Crippen LogP contribution in [-0.2, 0) is 0 Å². The first-order valence-corrected chi connectivity index (χ1v) is 7.89. The van der Waals surface area contributed by atoms with Crippen molar-refractivity contribution in [1.29, 1.82) is 0 Å². The van der Waals surface area contributed by atoms with E-state index < -0.39 is 0 Å². The summed E-state index contributed by atoms with van der Waals surface area (Å²) in [6.07, 6.45) is 0. The molecule has 0 radical (unpaired) electrons. The number of ether oxygens (including phenoxy) is 2. The van der Waals surface area contributed by atoms with E-state index in [1.54, 1.807) is 25.6 Å². The third kappa shape index (κ3) is 2.34. The number of aromatic amines is 1. The number of benzene rings is 1. The first-order valence-electron chi connectivity index (χ1n) is 6.54. The van der Waals surface area contributed by atoms with Crippen LogP contribution in [0.1, 0.15) is 18.5 Å². The molecule has 21 heavy (non-hydrogen) atoms. The number of thiophene rings is 1. The number of hydrogen-bond donors (Lipinski definition) is 1. The number of nitrogens with one attached hydrogen (secondary N) is 1. The highest BCUT2D eigenvalue weighted by Crippen LogP contribution is 2.34. The maximum atomic E-state index is 5.49. The van der Waals surface area contributed by atoms with Gasteiger partial charge in [-0.3, -0.25) is 0 Å². The normalized spacial score (nSPS) is 12.5. The van der Waals surface area contributed by atoms with Crippen molar-refractivity contribution < 1.29 is 9.47 Å². The molecule has 1 aromatic carbocycles. The van der Waals surface area contributed by atoms with Gasteiger partial charge in [0.25, 0.3) is 0 Å². The zero-order valence-corrected chi connectivity index (χ0v) is 13.7. The number of rotatable bonds is 4. The summed E-state index contributed by atoms with van der Waals surface area (Å²) >= 11 is 7.18. The summed E-state index contributed by atoms with van der Waals surface area (Å²) in [6.45, 7) is 2.14. The highest BCUT2D eigenvalue weighted by Gasteiger charge is 2.16. The Balaban J connectivity index is 2.23. The number of fused-ring (bicyclic) bond motifs is 1. The first-order chi connectivity index (χ1) is 10.2. The standard InChI is InChI=1S/C15H16N2O2S2/c1-9(10-4-5-21-8-10)17-12-7-14(19-3)13(18-2)6-11(12)16-15(17)20/h4-9H,1-3H3,(H,16,20). The average Bonchev–Trinajstić information content (AvgIpc) is 3.11. The van der Waals surface area contributed by atoms with Crippen molar-refractivity contribution in [2.24, 2.45) is 0 Å². The van der Waals surface area contributed by atoms with Gasteiger partial charge in [0.15, 0.2) is 16.3 Å². The van der Waals surface area contributed by atoms with E-state index in [9.17, 15) is 0 Å². The largest absolute Gasteiger partial charge is 0.493 e. The van der Waals surface area contributed by atoms with Gasteiger partial charge in [-0.05, 0) is 41.5 Å². The molecule has 0 aliphatic heterocycles. The van der Waals surface area contributed by atoms with Gasteiger partial charge in [-0.25, -0.2) is 0 Å². The lowest BCUT2D eigenvalue weighted by molar-refractivity contribution is 0.355. The molecule has 4 nitrogen and oxygen atoms in total. The van der Waals surface area contributed by atoms with E-state index in [1.807, 2.05) is 12.1 Å². The first kappa shape index (κ1) is 14.2. The molecule has 3 aromatic rings. The van der Waals surface area contributed by atoms with Crippen LogP contribution in [0.2, 0.25) is 0 Å². The number of imidazole rings is 1. The Kier molecular flexibility index (Phi) is 3.73. The van der Waals surface area contributed by atoms with Crippen molar-refractivity contribution in [1.82, 2.24) is 9.55 Å². The van der Waals surface area contributed by atoms with Crippen LogP contribution < -0.4 is 9.47 Å². The van der Waals surface area contributed by atoms with Crippen LogP contribution in [0.3, 0.4) is 0 Å². The Morgan fingerprint density at radius 3 is 2.57 bits per heavy atom. The second-order valence-electron chi connectivity index (χ2n) is 4.76. The molecule has 0 saturated heterocycles. The second-order valence-corrected chi connectivity index (χ2v) is 5.92. The SMILES string of the molecule is COc1cc2[nH]c(=S)n(C(C)c3ccsc3)c2cc1OC. The number of aromatic nitrogens is 2. The van der Waals surface area contributed by atoms with E-state index in [-0.39, 0.29) is 6.04 Å². The van der Waals surface area contributed by atoms with Gasteiger partial charge in [-0.2, -0.15) is 11.3 Å². The lowest BCUT2D eigenvalue weighted by Crippen LogP contribution is -2.05. The Morgan fingerprint density at radius 1 is 1.24 bits per heavy atom. The molecule has 0 fully saturated rings. The van der Waals surface area contributed by atoms with E-state index in [4.69, 9.17) is 21.7 Å². The molecule has 0 amide bonds. The minimum Gasteiger partial charge on any atom is -0.493 e. The van der Waals surface area contributed by atoms with Gasteiger partial charge in [0, 0.05) is 12.1 Å². The second kappa shape index (κ2) is 5.54. The van der Waals surface area contributed by atoms with Gasteiger partial charge in [0.2, 0.25) is 0 Å². The maximum Gasteiger partial charge on any atom is 0.178 e. The van der Waals surface area contributed by atoms with Crippen molar-refractivity contribution >= 4 is 34.6 Å². The van der Waals surface area contributed by atoms with Gasteiger partial charge in [-0.15, -0.1) is 0 Å². The highest BCUT2D eigenvalue weighted by atomic mass is 32.1. The summed E-state index contributed by atoms with van der Waals surface area (Å²) in [6, 6.07) is 6.16. The summed E-state index contributed by atoms with van der Waals surface area (Å²) in [5.74, 6) is 1.39. The number of hydrogen-bond acceptors (Lipinski definition) is 4. The molecule has 110 valence electrons. The van der Waals surface area contributed by atoms with Gasteiger partial charge in [0.05, 0.1) is 31.3 Å². The Hall–Kier alpha value is -1.79. The van der Waals surface area contributed by atoms with Crippen LogP contribution in [0.4, 0.5) is 0 Å². The Morgan fingerprint density at radius 2 is 1.95 bits per heavy atom. The van der Waals surface area contributed by atoms with Crippen LogP contribution in [-0.4, -0.2) is 23.8 Å². The Labute approximate surface area is 131 Å². The highest BCUT2D eigenvalue weighted by molar-refractivity contribution is 7.71. The molecule has 0 aliphatic rings. The van der Waals surface area contributed by atoms with E-state index in [2.05, 4.69) is 33.3 Å². The minimum atomic E-state index is 0.163. The van der Waals surface area contributed by atoms with E-state index >= 15 is 0 Å². The summed E-state index contributed by atoms with van der Waals surface area (Å²) in [4.78, 5) is 3.24. The zero-order chi connectivity index (χ0) is 15.0. The fourth-order valence-corrected chi connectivity index (χ4v) is 3.61. The van der Waals surface area contributed by atoms with Gasteiger partial charge in [-0.1, -0.05) is 0 Å². The quantitative estimate of drug-likeness (QED) is 0.725. The molecule has 0 aliphatic carbocycles. The zero-order valence-electron chi connectivity index (χ0n) is 12.0. The predicted molar refractivity (Wildman–Crippen MR) is 88.4 cm³/mol. The van der Waals surface area contributed by atoms with Crippen LogP contribution in [0, 0.1) is 4.77 Å². The summed E-state index contributed by atoms with van der Waals surface area (Å²) in [7, 11) is 3.26. The smallest absolute Gasteiger partial charge is 0.178 e. The molecule has 1 atom stereocenters. The van der Waals surface area contributed by atoms with Crippen molar-refractivity contribution in [2.75, 3.05) is 14.2 Å². The minimum absolute atomic E-state index is 0.163. The summed E-state index contributed by atoms with van der Waals surface area (Å²) in [5, 5.41) is 4.22. The van der Waals surface area contributed by atoms with Crippen LogP contribution in [0.5, 0.6) is 11.5 Å². The number of methoxy groups -OCH3 is 2. The molecule has 1 N–H and O–H groups in total. The molecule has 3 rings (SSSR count). The molecular formula is C15H16N2O2S2. The van der Waals surface area contributed by atoms with Crippen LogP contribution in [0.15, 0.2) is 29.0 Å². The molecule has 0 spiro atoms. The molecule has 6 heteroatoms. The monoisotopic (exact) mass is 320 g/mol. The average molecular weight is 320 g/mol. The predicted octanol–water partition coefficient (Wildman–Crippen LogP) is 4.39. The third-order valence-corrected chi connectivity index (χ3v) is 4.63. The Bertz CT molecular complexity index is 818. The lowest BCUT2D eigenvalue weighted by Gasteiger charge is -2.14. The van der Waals surface area contributed by atoms with Crippen molar-refractivity contribution in [3.63, 3.8) is 0 Å². The summed E-state index contributed by atoms with van der Waals surface area (Å²) < 4.78 is 13.5. The number of nitrogens with zero attached hydrogens (tertiary/aromatic N) is 1. The molecule has 2 aromatic heterocycles. The molecule has 0 bridgehead atoms. The molecule has 2 heterocycles. The van der Waals surface area contributed by atoms with Crippen LogP contribution in [0.25, 0.3) is 11.0 Å². The van der Waals surface area contributed by atoms with Crippen molar-refractivity contribution in [3.05, 3.63) is 39.3 Å². The van der Waals surface area contributed by atoms with E-state index in [0.29, 0.717) is 16.3 Å². The summed E-state index contributed by atoms with van der Waals surface area (Å²) in [5.41, 5.74) is 3.20.